The molecule has 1 radical (unpaired) electrons. The Bertz CT molecular complexity index is 252. The third-order valence-electron chi connectivity index (χ3n) is 1.13. The van der Waals surface area contributed by atoms with Crippen molar-refractivity contribution in [3.8, 4) is 0 Å². The van der Waals surface area contributed by atoms with Crippen LogP contribution in [-0.2, 0) is 6.42 Å². The summed E-state index contributed by atoms with van der Waals surface area (Å²) >= 11 is 16.8. The Balaban J connectivity index is 3.25. The lowest BCUT2D eigenvalue weighted by Crippen LogP contribution is -1.92. The molecule has 0 saturated heterocycles. The van der Waals surface area contributed by atoms with E-state index in [1.54, 1.807) is 0 Å². The molecule has 0 aliphatic rings. The molecule has 1 rings (SSSR count). The molecule has 0 atom stereocenters. The van der Waals surface area contributed by atoms with E-state index in [0.29, 0.717) is 12.0 Å². The summed E-state index contributed by atoms with van der Waals surface area (Å²) in [5.74, 6) is 0. The van der Waals surface area contributed by atoms with E-state index in [9.17, 15) is 0 Å². The molecule has 0 unspecified atom stereocenters. The topological polar surface area (TPSA) is 25.8 Å². The first kappa shape index (κ1) is 9.04. The van der Waals surface area contributed by atoms with Gasteiger partial charge >= 0.3 is 0 Å². The van der Waals surface area contributed by atoms with Gasteiger partial charge in [-0.25, -0.2) is 9.97 Å². The maximum Gasteiger partial charge on any atom is 0.225 e. The van der Waals surface area contributed by atoms with Gasteiger partial charge in [-0.05, 0) is 24.9 Å². The van der Waals surface area contributed by atoms with Gasteiger partial charge in [0.15, 0.2) is 0 Å². The van der Waals surface area contributed by atoms with Crippen LogP contribution in [0.25, 0.3) is 0 Å². The van der Waals surface area contributed by atoms with Gasteiger partial charge in [-0.1, -0.05) is 23.2 Å². The van der Waals surface area contributed by atoms with Crippen LogP contribution in [0.1, 0.15) is 5.56 Å². The second-order valence-electron chi connectivity index (χ2n) is 1.80. The molecule has 0 fully saturated rings. The number of rotatable bonds is 1. The molecule has 5 heteroatoms. The molecular weight excluding hydrogens is 206 g/mol. The maximum atomic E-state index is 5.67. The highest BCUT2D eigenvalue weighted by Crippen LogP contribution is 2.22. The average molecular weight is 210 g/mol. The van der Waals surface area contributed by atoms with E-state index in [4.69, 9.17) is 34.8 Å². The second kappa shape index (κ2) is 3.57. The Kier molecular flexibility index (Phi) is 2.93. The van der Waals surface area contributed by atoms with Crippen LogP contribution in [0.2, 0.25) is 15.6 Å². The predicted molar refractivity (Wildman–Crippen MR) is 46.1 cm³/mol. The molecule has 0 bridgehead atoms. The molecule has 0 spiro atoms. The Morgan fingerprint density at radius 1 is 1.09 bits per heavy atom. The summed E-state index contributed by atoms with van der Waals surface area (Å²) < 4.78 is 0. The molecule has 0 aromatic carbocycles. The van der Waals surface area contributed by atoms with Crippen molar-refractivity contribution < 1.29 is 0 Å². The van der Waals surface area contributed by atoms with Gasteiger partial charge in [0.05, 0.1) is 0 Å². The molecule has 11 heavy (non-hydrogen) atoms. The fourth-order valence-corrected chi connectivity index (χ4v) is 1.45. The van der Waals surface area contributed by atoms with E-state index in [1.807, 2.05) is 0 Å². The third kappa shape index (κ3) is 1.95. The van der Waals surface area contributed by atoms with Gasteiger partial charge in [0, 0.05) is 5.56 Å². The van der Waals surface area contributed by atoms with Crippen LogP contribution in [0.5, 0.6) is 0 Å². The van der Waals surface area contributed by atoms with Crippen molar-refractivity contribution >= 4 is 34.8 Å². The second-order valence-corrected chi connectivity index (χ2v) is 2.86. The van der Waals surface area contributed by atoms with Gasteiger partial charge in [0.25, 0.3) is 0 Å². The molecule has 0 amide bonds. The van der Waals surface area contributed by atoms with Crippen molar-refractivity contribution in [1.82, 2.24) is 9.97 Å². The lowest BCUT2D eigenvalue weighted by atomic mass is 10.3. The molecule has 0 aliphatic heterocycles. The van der Waals surface area contributed by atoms with E-state index < -0.39 is 0 Å². The van der Waals surface area contributed by atoms with E-state index >= 15 is 0 Å². The van der Waals surface area contributed by atoms with E-state index in [1.165, 1.54) is 0 Å². The minimum absolute atomic E-state index is 0.0530. The van der Waals surface area contributed by atoms with Crippen molar-refractivity contribution in [2.75, 3.05) is 0 Å². The zero-order valence-corrected chi connectivity index (χ0v) is 7.71. The van der Waals surface area contributed by atoms with E-state index in [0.717, 1.165) is 0 Å². The first-order chi connectivity index (χ1) is 5.15. The summed E-state index contributed by atoms with van der Waals surface area (Å²) in [7, 11) is 0. The van der Waals surface area contributed by atoms with Crippen LogP contribution < -0.4 is 0 Å². The standard InChI is InChI=1S/C6H4Cl3N2/c1-2-3-4(7)10-6(9)11-5(3)8/h1-2H2. The van der Waals surface area contributed by atoms with Gasteiger partial charge in [0.1, 0.15) is 10.3 Å². The van der Waals surface area contributed by atoms with Crippen molar-refractivity contribution in [3.05, 3.63) is 28.1 Å². The molecule has 0 N–H and O–H groups in total. The first-order valence-electron chi connectivity index (χ1n) is 2.81. The maximum absolute atomic E-state index is 5.67. The van der Waals surface area contributed by atoms with Gasteiger partial charge in [0.2, 0.25) is 5.28 Å². The summed E-state index contributed by atoms with van der Waals surface area (Å²) in [5, 5.41) is 0.590. The van der Waals surface area contributed by atoms with E-state index in [-0.39, 0.29) is 15.6 Å². The number of hydrogen-bond acceptors (Lipinski definition) is 2. The van der Waals surface area contributed by atoms with Gasteiger partial charge in [-0.3, -0.25) is 0 Å². The zero-order chi connectivity index (χ0) is 8.43. The summed E-state index contributed by atoms with van der Waals surface area (Å²) in [6, 6.07) is 0. The van der Waals surface area contributed by atoms with E-state index in [2.05, 4.69) is 16.9 Å². The Hall–Kier alpha value is -0.0500. The van der Waals surface area contributed by atoms with Gasteiger partial charge in [-0.15, -0.1) is 0 Å². The molecule has 1 aromatic heterocycles. The minimum atomic E-state index is 0.0530. The van der Waals surface area contributed by atoms with Crippen molar-refractivity contribution in [1.29, 1.82) is 0 Å². The predicted octanol–water partition coefficient (Wildman–Crippen LogP) is 2.81. The molecule has 1 heterocycles. The monoisotopic (exact) mass is 209 g/mol. The van der Waals surface area contributed by atoms with Gasteiger partial charge < -0.3 is 0 Å². The van der Waals surface area contributed by atoms with Crippen LogP contribution in [0, 0.1) is 6.92 Å². The molecule has 0 saturated carbocycles. The summed E-state index contributed by atoms with van der Waals surface area (Å²) in [6.07, 6.45) is 0.453. The minimum Gasteiger partial charge on any atom is -0.206 e. The lowest BCUT2D eigenvalue weighted by Gasteiger charge is -2.01. The number of aromatic nitrogens is 2. The first-order valence-corrected chi connectivity index (χ1v) is 3.95. The fraction of sp³-hybridized carbons (Fsp3) is 0.167. The fourth-order valence-electron chi connectivity index (χ4n) is 0.613. The van der Waals surface area contributed by atoms with Crippen LogP contribution in [-0.4, -0.2) is 9.97 Å². The van der Waals surface area contributed by atoms with Crippen molar-refractivity contribution in [2.24, 2.45) is 0 Å². The van der Waals surface area contributed by atoms with Crippen LogP contribution >= 0.6 is 34.8 Å². The molecular formula is C6H4Cl3N2. The Labute approximate surface area is 79.5 Å². The largest absolute Gasteiger partial charge is 0.225 e. The lowest BCUT2D eigenvalue weighted by molar-refractivity contribution is 1.09. The number of nitrogens with zero attached hydrogens (tertiary/aromatic N) is 2. The van der Waals surface area contributed by atoms with Gasteiger partial charge in [-0.2, -0.15) is 0 Å². The highest BCUT2D eigenvalue weighted by Gasteiger charge is 2.07. The van der Waals surface area contributed by atoms with Crippen molar-refractivity contribution in [2.45, 2.75) is 6.42 Å². The van der Waals surface area contributed by atoms with Crippen molar-refractivity contribution in [3.63, 3.8) is 0 Å². The third-order valence-corrected chi connectivity index (χ3v) is 1.92. The Morgan fingerprint density at radius 2 is 1.55 bits per heavy atom. The normalized spacial score (nSPS) is 10.2. The van der Waals surface area contributed by atoms with Crippen LogP contribution in [0.3, 0.4) is 0 Å². The summed E-state index contributed by atoms with van der Waals surface area (Å²) in [6.45, 7) is 3.62. The average Bonchev–Trinajstić information content (AvgIpc) is 1.85. The molecule has 59 valence electrons. The summed E-state index contributed by atoms with van der Waals surface area (Å²) in [5.41, 5.74) is 0.623. The zero-order valence-electron chi connectivity index (χ0n) is 5.44. The molecule has 1 aromatic rings. The smallest absolute Gasteiger partial charge is 0.206 e. The Morgan fingerprint density at radius 3 is 1.91 bits per heavy atom. The highest BCUT2D eigenvalue weighted by atomic mass is 35.5. The molecule has 0 aliphatic carbocycles. The highest BCUT2D eigenvalue weighted by molar-refractivity contribution is 6.36. The SMILES string of the molecule is [CH2]Cc1c(Cl)nc(Cl)nc1Cl. The quantitative estimate of drug-likeness (QED) is 0.526. The number of hydrogen-bond donors (Lipinski definition) is 0. The van der Waals surface area contributed by atoms with Crippen LogP contribution in [0.4, 0.5) is 0 Å². The molecule has 2 nitrogen and oxygen atoms in total. The van der Waals surface area contributed by atoms with Crippen LogP contribution in [0.15, 0.2) is 0 Å². The summed E-state index contributed by atoms with van der Waals surface area (Å²) in [4.78, 5) is 7.40. The number of halogens is 3.